The molecule has 1 saturated heterocycles. The summed E-state index contributed by atoms with van der Waals surface area (Å²) in [5, 5.41) is 9.28. The summed E-state index contributed by atoms with van der Waals surface area (Å²) in [4.78, 5) is 16.0. The van der Waals surface area contributed by atoms with Gasteiger partial charge in [0.25, 0.3) is 0 Å². The second-order valence-corrected chi connectivity index (χ2v) is 5.67. The van der Waals surface area contributed by atoms with Gasteiger partial charge in [-0.15, -0.1) is 0 Å². The fraction of sp³-hybridized carbons (Fsp3) is 0.278. The van der Waals surface area contributed by atoms with Crippen molar-refractivity contribution in [3.8, 4) is 5.75 Å². The van der Waals surface area contributed by atoms with Crippen LogP contribution in [0.1, 0.15) is 5.56 Å². The third-order valence-corrected chi connectivity index (χ3v) is 4.10. The van der Waals surface area contributed by atoms with Crippen LogP contribution in [0.3, 0.4) is 0 Å². The van der Waals surface area contributed by atoms with E-state index in [9.17, 15) is 14.3 Å². The molecule has 1 aliphatic heterocycles. The Morgan fingerprint density at radius 1 is 1.04 bits per heavy atom. The van der Waals surface area contributed by atoms with Gasteiger partial charge in [0.15, 0.2) is 0 Å². The van der Waals surface area contributed by atoms with Gasteiger partial charge in [-0.05, 0) is 17.7 Å². The van der Waals surface area contributed by atoms with Crippen molar-refractivity contribution in [2.45, 2.75) is 6.42 Å². The summed E-state index contributed by atoms with van der Waals surface area (Å²) in [5.41, 5.74) is 1.47. The molecule has 1 amide bonds. The molecule has 0 unspecified atom stereocenters. The summed E-state index contributed by atoms with van der Waals surface area (Å²) >= 11 is 0. The van der Waals surface area contributed by atoms with E-state index in [1.807, 2.05) is 40.1 Å². The topological polar surface area (TPSA) is 43.8 Å². The number of aromatic hydroxyl groups is 1. The zero-order valence-corrected chi connectivity index (χ0v) is 12.8. The maximum atomic E-state index is 13.9. The highest BCUT2D eigenvalue weighted by atomic mass is 19.1. The van der Waals surface area contributed by atoms with Crippen molar-refractivity contribution in [1.82, 2.24) is 4.90 Å². The molecule has 0 atom stereocenters. The largest absolute Gasteiger partial charge is 0.508 e. The average molecular weight is 314 g/mol. The minimum Gasteiger partial charge on any atom is -0.508 e. The number of piperazine rings is 1. The lowest BCUT2D eigenvalue weighted by Crippen LogP contribution is -2.49. The van der Waals surface area contributed by atoms with Gasteiger partial charge in [-0.3, -0.25) is 4.79 Å². The number of anilines is 1. The first-order chi connectivity index (χ1) is 11.1. The molecule has 1 N–H and O–H groups in total. The summed E-state index contributed by atoms with van der Waals surface area (Å²) in [5.74, 6) is -0.418. The van der Waals surface area contributed by atoms with Gasteiger partial charge in [0, 0.05) is 32.2 Å². The van der Waals surface area contributed by atoms with Crippen LogP contribution in [0.25, 0.3) is 0 Å². The average Bonchev–Trinajstić information content (AvgIpc) is 2.56. The lowest BCUT2D eigenvalue weighted by atomic mass is 10.1. The molecule has 0 aliphatic carbocycles. The number of benzene rings is 2. The molecule has 0 spiro atoms. The van der Waals surface area contributed by atoms with Crippen molar-refractivity contribution >= 4 is 11.6 Å². The number of phenolic OH excluding ortho intramolecular Hbond substituents is 1. The number of carbonyl (C=O) groups excluding carboxylic acids is 1. The number of phenols is 1. The Balaban J connectivity index is 1.59. The van der Waals surface area contributed by atoms with Crippen LogP contribution in [-0.4, -0.2) is 42.1 Å². The quantitative estimate of drug-likeness (QED) is 0.946. The molecular weight excluding hydrogens is 295 g/mol. The van der Waals surface area contributed by atoms with E-state index < -0.39 is 5.82 Å². The molecule has 23 heavy (non-hydrogen) atoms. The fourth-order valence-electron chi connectivity index (χ4n) is 2.83. The predicted octanol–water partition coefficient (Wildman–Crippen LogP) is 2.42. The summed E-state index contributed by atoms with van der Waals surface area (Å²) in [6, 6.07) is 13.8. The van der Waals surface area contributed by atoms with Gasteiger partial charge in [0.2, 0.25) is 5.91 Å². The van der Waals surface area contributed by atoms with Crippen LogP contribution < -0.4 is 4.90 Å². The molecule has 5 heteroatoms. The molecule has 1 heterocycles. The van der Waals surface area contributed by atoms with Crippen LogP contribution in [0.2, 0.25) is 0 Å². The van der Waals surface area contributed by atoms with Gasteiger partial charge in [-0.2, -0.15) is 0 Å². The Hall–Kier alpha value is -2.56. The van der Waals surface area contributed by atoms with Gasteiger partial charge < -0.3 is 14.9 Å². The van der Waals surface area contributed by atoms with Gasteiger partial charge in [0.1, 0.15) is 11.6 Å². The van der Waals surface area contributed by atoms with Crippen LogP contribution in [0, 0.1) is 5.82 Å². The van der Waals surface area contributed by atoms with Gasteiger partial charge in [-0.1, -0.05) is 30.3 Å². The van der Waals surface area contributed by atoms with Crippen LogP contribution >= 0.6 is 0 Å². The van der Waals surface area contributed by atoms with E-state index in [4.69, 9.17) is 0 Å². The van der Waals surface area contributed by atoms with Crippen LogP contribution in [0.5, 0.6) is 5.75 Å². The minimum absolute atomic E-state index is 0.0806. The molecule has 0 radical (unpaired) electrons. The van der Waals surface area contributed by atoms with Crippen molar-refractivity contribution in [3.05, 3.63) is 59.9 Å². The molecule has 4 nitrogen and oxygen atoms in total. The van der Waals surface area contributed by atoms with E-state index in [0.29, 0.717) is 38.3 Å². The van der Waals surface area contributed by atoms with E-state index >= 15 is 0 Å². The summed E-state index contributed by atoms with van der Waals surface area (Å²) in [6.07, 6.45) is 0.397. The third-order valence-electron chi connectivity index (χ3n) is 4.10. The van der Waals surface area contributed by atoms with Crippen molar-refractivity contribution in [2.24, 2.45) is 0 Å². The fourth-order valence-corrected chi connectivity index (χ4v) is 2.83. The summed E-state index contributed by atoms with van der Waals surface area (Å²) < 4.78 is 13.9. The highest BCUT2D eigenvalue weighted by molar-refractivity contribution is 5.79. The maximum Gasteiger partial charge on any atom is 0.227 e. The number of hydrogen-bond acceptors (Lipinski definition) is 3. The second-order valence-electron chi connectivity index (χ2n) is 5.67. The number of rotatable bonds is 3. The molecule has 0 bridgehead atoms. The summed E-state index contributed by atoms with van der Waals surface area (Å²) in [7, 11) is 0. The Labute approximate surface area is 134 Å². The number of amides is 1. The first-order valence-corrected chi connectivity index (χ1v) is 7.68. The lowest BCUT2D eigenvalue weighted by molar-refractivity contribution is -0.130. The first kappa shape index (κ1) is 15.3. The van der Waals surface area contributed by atoms with E-state index in [-0.39, 0.29) is 11.7 Å². The van der Waals surface area contributed by atoms with Crippen LogP contribution in [0.4, 0.5) is 10.1 Å². The third kappa shape index (κ3) is 3.62. The van der Waals surface area contributed by atoms with Crippen LogP contribution in [-0.2, 0) is 11.2 Å². The van der Waals surface area contributed by atoms with E-state index in [2.05, 4.69) is 0 Å². The normalized spacial score (nSPS) is 14.8. The SMILES string of the molecule is O=C(Cc1ccccc1)N1CCN(c2ccc(O)cc2F)CC1. The molecule has 120 valence electrons. The summed E-state index contributed by atoms with van der Waals surface area (Å²) in [6.45, 7) is 2.32. The monoisotopic (exact) mass is 314 g/mol. The molecular formula is C18H19FN2O2. The maximum absolute atomic E-state index is 13.9. The highest BCUT2D eigenvalue weighted by Gasteiger charge is 2.22. The molecule has 1 aliphatic rings. The predicted molar refractivity (Wildman–Crippen MR) is 87.0 cm³/mol. The Bertz CT molecular complexity index is 683. The standard InChI is InChI=1S/C18H19FN2O2/c19-16-13-15(22)6-7-17(16)20-8-10-21(11-9-20)18(23)12-14-4-2-1-3-5-14/h1-7,13,22H,8-12H2. The molecule has 2 aromatic carbocycles. The number of halogens is 1. The molecule has 1 fully saturated rings. The van der Waals surface area contributed by atoms with Crippen molar-refractivity contribution in [2.75, 3.05) is 31.1 Å². The molecule has 2 aromatic rings. The number of hydrogen-bond donors (Lipinski definition) is 1. The van der Waals surface area contributed by atoms with Crippen molar-refractivity contribution in [3.63, 3.8) is 0 Å². The first-order valence-electron chi connectivity index (χ1n) is 7.68. The van der Waals surface area contributed by atoms with E-state index in [1.165, 1.54) is 6.07 Å². The molecule has 0 aromatic heterocycles. The second kappa shape index (κ2) is 6.69. The minimum atomic E-state index is -0.436. The smallest absolute Gasteiger partial charge is 0.227 e. The van der Waals surface area contributed by atoms with E-state index in [0.717, 1.165) is 11.6 Å². The Morgan fingerprint density at radius 2 is 1.74 bits per heavy atom. The van der Waals surface area contributed by atoms with Crippen molar-refractivity contribution < 1.29 is 14.3 Å². The molecule has 3 rings (SSSR count). The number of nitrogens with zero attached hydrogens (tertiary/aromatic N) is 2. The Kier molecular flexibility index (Phi) is 4.46. The highest BCUT2D eigenvalue weighted by Crippen LogP contribution is 2.24. The zero-order valence-electron chi connectivity index (χ0n) is 12.8. The van der Waals surface area contributed by atoms with Gasteiger partial charge in [0.05, 0.1) is 12.1 Å². The number of carbonyl (C=O) groups is 1. The van der Waals surface area contributed by atoms with Crippen molar-refractivity contribution in [1.29, 1.82) is 0 Å². The van der Waals surface area contributed by atoms with E-state index in [1.54, 1.807) is 6.07 Å². The lowest BCUT2D eigenvalue weighted by Gasteiger charge is -2.36. The Morgan fingerprint density at radius 3 is 2.39 bits per heavy atom. The van der Waals surface area contributed by atoms with Gasteiger partial charge in [-0.25, -0.2) is 4.39 Å². The molecule has 0 saturated carbocycles. The van der Waals surface area contributed by atoms with Gasteiger partial charge >= 0.3 is 0 Å². The van der Waals surface area contributed by atoms with Crippen LogP contribution in [0.15, 0.2) is 48.5 Å². The zero-order chi connectivity index (χ0) is 16.2.